The maximum absolute atomic E-state index is 11.9. The van der Waals surface area contributed by atoms with Crippen molar-refractivity contribution >= 4 is 12.1 Å². The summed E-state index contributed by atoms with van der Waals surface area (Å²) in [5, 5.41) is 0. The summed E-state index contributed by atoms with van der Waals surface area (Å²) >= 11 is 0. The van der Waals surface area contributed by atoms with E-state index in [1.165, 1.54) is 12.0 Å². The number of nitrogens with zero attached hydrogens (tertiary/aromatic N) is 1. The van der Waals surface area contributed by atoms with Crippen molar-refractivity contribution < 1.29 is 23.8 Å². The summed E-state index contributed by atoms with van der Waals surface area (Å²) in [7, 11) is 1.30. The number of amides is 1. The van der Waals surface area contributed by atoms with Crippen LogP contribution in [-0.2, 0) is 19.0 Å². The van der Waals surface area contributed by atoms with Crippen LogP contribution in [0.3, 0.4) is 0 Å². The van der Waals surface area contributed by atoms with Gasteiger partial charge < -0.3 is 14.2 Å². The number of methoxy groups -OCH3 is 1. The van der Waals surface area contributed by atoms with Crippen molar-refractivity contribution in [3.8, 4) is 0 Å². The Labute approximate surface area is 99.8 Å². The normalized spacial score (nSPS) is 30.8. The molecule has 6 heteroatoms. The molecule has 0 bridgehead atoms. The van der Waals surface area contributed by atoms with Gasteiger partial charge in [0.2, 0.25) is 0 Å². The molecule has 2 rings (SSSR count). The number of morpholine rings is 1. The van der Waals surface area contributed by atoms with Gasteiger partial charge >= 0.3 is 12.1 Å². The highest BCUT2D eigenvalue weighted by Crippen LogP contribution is 2.37. The van der Waals surface area contributed by atoms with Crippen LogP contribution in [0.25, 0.3) is 0 Å². The Hall–Kier alpha value is -1.30. The van der Waals surface area contributed by atoms with Crippen molar-refractivity contribution in [1.82, 2.24) is 4.90 Å². The second-order valence-corrected chi connectivity index (χ2v) is 5.24. The molecule has 0 aromatic carbocycles. The molecule has 1 amide bonds. The number of likely N-dealkylation sites (tertiary alicyclic amines) is 1. The fourth-order valence-electron chi connectivity index (χ4n) is 1.96. The first kappa shape index (κ1) is 12.2. The summed E-state index contributed by atoms with van der Waals surface area (Å²) in [6.07, 6.45) is -0.773. The van der Waals surface area contributed by atoms with E-state index in [1.54, 1.807) is 20.8 Å². The topological polar surface area (TPSA) is 68.4 Å². The van der Waals surface area contributed by atoms with Crippen LogP contribution >= 0.6 is 0 Å². The Balaban J connectivity index is 2.05. The highest BCUT2D eigenvalue weighted by Gasteiger charge is 2.60. The van der Waals surface area contributed by atoms with Gasteiger partial charge in [-0.15, -0.1) is 0 Å². The number of esters is 1. The molecule has 2 heterocycles. The zero-order valence-electron chi connectivity index (χ0n) is 10.4. The molecule has 96 valence electrons. The zero-order chi connectivity index (χ0) is 12.8. The maximum atomic E-state index is 11.9. The van der Waals surface area contributed by atoms with Gasteiger partial charge in [-0.2, -0.15) is 0 Å². The van der Waals surface area contributed by atoms with Crippen LogP contribution in [0.5, 0.6) is 0 Å². The van der Waals surface area contributed by atoms with Crippen molar-refractivity contribution in [3.63, 3.8) is 0 Å². The molecule has 0 aromatic heterocycles. The largest absolute Gasteiger partial charge is 0.467 e. The molecule has 2 aliphatic heterocycles. The van der Waals surface area contributed by atoms with Crippen molar-refractivity contribution in [2.75, 3.05) is 13.7 Å². The lowest BCUT2D eigenvalue weighted by atomic mass is 10.2. The molecule has 0 radical (unpaired) electrons. The minimum atomic E-state index is -0.667. The third-order valence-corrected chi connectivity index (χ3v) is 2.72. The zero-order valence-corrected chi connectivity index (χ0v) is 10.4. The van der Waals surface area contributed by atoms with E-state index in [4.69, 9.17) is 9.47 Å². The molecule has 6 nitrogen and oxygen atoms in total. The Bertz CT molecular complexity index is 348. The lowest BCUT2D eigenvalue weighted by molar-refractivity contribution is -0.147. The Morgan fingerprint density at radius 2 is 2.00 bits per heavy atom. The standard InChI is InChI=1S/C11H17NO5/c1-11(2,3)17-10(14)12-5-6-8(16-6)7(12)9(13)15-4/h6-8H,5H2,1-4H3/t6?,7?,8-/m1/s1. The fraction of sp³-hybridized carbons (Fsp3) is 0.818. The van der Waals surface area contributed by atoms with Gasteiger partial charge in [-0.1, -0.05) is 0 Å². The van der Waals surface area contributed by atoms with E-state index in [1.807, 2.05) is 0 Å². The van der Waals surface area contributed by atoms with Crippen molar-refractivity contribution in [2.45, 2.75) is 44.6 Å². The number of carbonyl (C=O) groups is 2. The molecular formula is C11H17NO5. The fourth-order valence-corrected chi connectivity index (χ4v) is 1.96. The van der Waals surface area contributed by atoms with Crippen molar-refractivity contribution in [3.05, 3.63) is 0 Å². The second kappa shape index (κ2) is 3.87. The lowest BCUT2D eigenvalue weighted by Gasteiger charge is -2.28. The molecule has 0 saturated carbocycles. The summed E-state index contributed by atoms with van der Waals surface area (Å²) in [6.45, 7) is 5.74. The maximum Gasteiger partial charge on any atom is 0.411 e. The Kier molecular flexibility index (Phi) is 2.77. The van der Waals surface area contributed by atoms with Crippen LogP contribution in [0.2, 0.25) is 0 Å². The predicted molar refractivity (Wildman–Crippen MR) is 57.4 cm³/mol. The molecule has 2 unspecified atom stereocenters. The van der Waals surface area contributed by atoms with E-state index >= 15 is 0 Å². The number of epoxide rings is 1. The van der Waals surface area contributed by atoms with Gasteiger partial charge in [0.1, 0.15) is 17.8 Å². The van der Waals surface area contributed by atoms with Gasteiger partial charge in [0.05, 0.1) is 13.7 Å². The first-order chi connectivity index (χ1) is 7.83. The van der Waals surface area contributed by atoms with Crippen molar-refractivity contribution in [1.29, 1.82) is 0 Å². The number of rotatable bonds is 1. The van der Waals surface area contributed by atoms with E-state index in [9.17, 15) is 9.59 Å². The molecule has 3 atom stereocenters. The SMILES string of the molecule is COC(=O)C1[C@@H]2OC2CN1C(=O)OC(C)(C)C. The smallest absolute Gasteiger partial charge is 0.411 e. The summed E-state index contributed by atoms with van der Waals surface area (Å²) in [4.78, 5) is 24.9. The summed E-state index contributed by atoms with van der Waals surface area (Å²) in [5.74, 6) is -0.458. The molecule has 0 aliphatic carbocycles. The third-order valence-electron chi connectivity index (χ3n) is 2.72. The number of ether oxygens (including phenoxy) is 3. The molecule has 0 aromatic rings. The predicted octanol–water partition coefficient (Wildman–Crippen LogP) is 0.546. The molecule has 0 spiro atoms. The van der Waals surface area contributed by atoms with Gasteiger partial charge in [0, 0.05) is 0 Å². The molecular weight excluding hydrogens is 226 g/mol. The summed E-state index contributed by atoms with van der Waals surface area (Å²) in [5.41, 5.74) is -0.578. The Morgan fingerprint density at radius 3 is 2.53 bits per heavy atom. The van der Waals surface area contributed by atoms with Gasteiger partial charge in [0.25, 0.3) is 0 Å². The number of fused-ring (bicyclic) bond motifs is 1. The van der Waals surface area contributed by atoms with Crippen LogP contribution in [-0.4, -0.2) is 54.5 Å². The third kappa shape index (κ3) is 2.36. The van der Waals surface area contributed by atoms with Gasteiger partial charge in [0.15, 0.2) is 6.04 Å². The van der Waals surface area contributed by atoms with E-state index < -0.39 is 23.7 Å². The first-order valence-electron chi connectivity index (χ1n) is 5.56. The molecule has 0 N–H and O–H groups in total. The van der Waals surface area contributed by atoms with Crippen molar-refractivity contribution in [2.24, 2.45) is 0 Å². The average Bonchev–Trinajstić information content (AvgIpc) is 2.86. The highest BCUT2D eigenvalue weighted by molar-refractivity contribution is 5.83. The van der Waals surface area contributed by atoms with Crippen LogP contribution in [0, 0.1) is 0 Å². The minimum Gasteiger partial charge on any atom is -0.467 e. The molecule has 17 heavy (non-hydrogen) atoms. The first-order valence-corrected chi connectivity index (χ1v) is 5.56. The molecule has 2 saturated heterocycles. The summed E-state index contributed by atoms with van der Waals surface area (Å²) < 4.78 is 15.2. The van der Waals surface area contributed by atoms with Crippen LogP contribution < -0.4 is 0 Å². The van der Waals surface area contributed by atoms with E-state index in [-0.39, 0.29) is 12.2 Å². The van der Waals surface area contributed by atoms with E-state index in [2.05, 4.69) is 4.74 Å². The van der Waals surface area contributed by atoms with Gasteiger partial charge in [-0.25, -0.2) is 9.59 Å². The summed E-state index contributed by atoms with van der Waals surface area (Å²) in [6, 6.07) is -0.667. The number of carbonyl (C=O) groups excluding carboxylic acids is 2. The number of hydrogen-bond donors (Lipinski definition) is 0. The monoisotopic (exact) mass is 243 g/mol. The van der Waals surface area contributed by atoms with Crippen LogP contribution in [0.1, 0.15) is 20.8 Å². The minimum absolute atomic E-state index is 0.0494. The lowest BCUT2D eigenvalue weighted by Crippen LogP contribution is -2.47. The van der Waals surface area contributed by atoms with Gasteiger partial charge in [-0.3, -0.25) is 4.90 Å². The highest BCUT2D eigenvalue weighted by atomic mass is 16.6. The second-order valence-electron chi connectivity index (χ2n) is 5.24. The van der Waals surface area contributed by atoms with Gasteiger partial charge in [-0.05, 0) is 20.8 Å². The average molecular weight is 243 g/mol. The van der Waals surface area contributed by atoms with E-state index in [0.717, 1.165) is 0 Å². The van der Waals surface area contributed by atoms with Crippen LogP contribution in [0.4, 0.5) is 4.79 Å². The van der Waals surface area contributed by atoms with E-state index in [0.29, 0.717) is 6.54 Å². The Morgan fingerprint density at radius 1 is 1.35 bits per heavy atom. The molecule has 2 aliphatic rings. The quantitative estimate of drug-likeness (QED) is 0.497. The molecule has 2 fully saturated rings. The number of hydrogen-bond acceptors (Lipinski definition) is 5. The van der Waals surface area contributed by atoms with Crippen LogP contribution in [0.15, 0.2) is 0 Å².